The summed E-state index contributed by atoms with van der Waals surface area (Å²) < 4.78 is 5.86. The van der Waals surface area contributed by atoms with Gasteiger partial charge < -0.3 is 14.7 Å². The molecule has 130 valence electrons. The summed E-state index contributed by atoms with van der Waals surface area (Å²) in [6, 6.07) is 16.3. The molecule has 0 bridgehead atoms. The lowest BCUT2D eigenvalue weighted by molar-refractivity contribution is -0.150. The van der Waals surface area contributed by atoms with Crippen molar-refractivity contribution in [2.24, 2.45) is 5.41 Å². The van der Waals surface area contributed by atoms with Crippen LogP contribution in [0.15, 0.2) is 54.6 Å². The fraction of sp³-hybridized carbons (Fsp3) is 0.300. The number of aliphatic carboxylic acids is 1. The first-order valence-electron chi connectivity index (χ1n) is 8.34. The van der Waals surface area contributed by atoms with Gasteiger partial charge in [-0.3, -0.25) is 9.59 Å². The maximum atomic E-state index is 13.0. The molecule has 1 saturated heterocycles. The number of carbonyl (C=O) groups excluding carboxylic acids is 1. The summed E-state index contributed by atoms with van der Waals surface area (Å²) >= 11 is 0. The van der Waals surface area contributed by atoms with Gasteiger partial charge in [0, 0.05) is 13.1 Å². The first kappa shape index (κ1) is 17.0. The first-order valence-corrected chi connectivity index (χ1v) is 8.34. The van der Waals surface area contributed by atoms with Gasteiger partial charge in [-0.2, -0.15) is 0 Å². The molecule has 25 heavy (non-hydrogen) atoms. The minimum atomic E-state index is -0.900. The third-order valence-corrected chi connectivity index (χ3v) is 4.59. The SMILES string of the molecule is CC1(C(=O)O)CCCN(C(=O)c2ccccc2Oc2ccccc2)C1. The molecule has 1 aliphatic rings. The predicted molar refractivity (Wildman–Crippen MR) is 93.8 cm³/mol. The zero-order valence-electron chi connectivity index (χ0n) is 14.1. The lowest BCUT2D eigenvalue weighted by atomic mass is 9.82. The Morgan fingerprint density at radius 3 is 2.48 bits per heavy atom. The van der Waals surface area contributed by atoms with Gasteiger partial charge >= 0.3 is 5.97 Å². The molecular weight excluding hydrogens is 318 g/mol. The van der Waals surface area contributed by atoms with Crippen LogP contribution in [-0.2, 0) is 4.79 Å². The number of para-hydroxylation sites is 2. The molecule has 5 heteroatoms. The van der Waals surface area contributed by atoms with Crippen molar-refractivity contribution in [2.45, 2.75) is 19.8 Å². The lowest BCUT2D eigenvalue weighted by Crippen LogP contribution is -2.48. The van der Waals surface area contributed by atoms with Gasteiger partial charge in [-0.15, -0.1) is 0 Å². The maximum absolute atomic E-state index is 13.0. The fourth-order valence-corrected chi connectivity index (χ4v) is 3.11. The molecule has 1 amide bonds. The number of benzene rings is 2. The number of rotatable bonds is 4. The summed E-state index contributed by atoms with van der Waals surface area (Å²) in [6.07, 6.45) is 1.25. The first-order chi connectivity index (χ1) is 12.0. The lowest BCUT2D eigenvalue weighted by Gasteiger charge is -2.37. The molecule has 1 N–H and O–H groups in total. The van der Waals surface area contributed by atoms with Gasteiger partial charge in [0.2, 0.25) is 0 Å². The van der Waals surface area contributed by atoms with Gasteiger partial charge in [-0.05, 0) is 44.0 Å². The highest BCUT2D eigenvalue weighted by molar-refractivity contribution is 5.97. The number of hydrogen-bond donors (Lipinski definition) is 1. The molecule has 0 spiro atoms. The molecule has 1 unspecified atom stereocenters. The van der Waals surface area contributed by atoms with Crippen LogP contribution < -0.4 is 4.74 Å². The minimum Gasteiger partial charge on any atom is -0.481 e. The van der Waals surface area contributed by atoms with Crippen molar-refractivity contribution >= 4 is 11.9 Å². The topological polar surface area (TPSA) is 66.8 Å². The van der Waals surface area contributed by atoms with E-state index in [1.54, 1.807) is 30.0 Å². The zero-order chi connectivity index (χ0) is 17.9. The number of hydrogen-bond acceptors (Lipinski definition) is 3. The van der Waals surface area contributed by atoms with Crippen LogP contribution >= 0.6 is 0 Å². The summed E-state index contributed by atoms with van der Waals surface area (Å²) in [6.45, 7) is 2.46. The van der Waals surface area contributed by atoms with Crippen LogP contribution in [0.3, 0.4) is 0 Å². The molecule has 1 fully saturated rings. The van der Waals surface area contributed by atoms with Gasteiger partial charge in [0.05, 0.1) is 11.0 Å². The van der Waals surface area contributed by atoms with Crippen molar-refractivity contribution in [2.75, 3.05) is 13.1 Å². The Labute approximate surface area is 146 Å². The minimum absolute atomic E-state index is 0.196. The van der Waals surface area contributed by atoms with Crippen LogP contribution in [0.5, 0.6) is 11.5 Å². The van der Waals surface area contributed by atoms with Gasteiger partial charge in [-0.25, -0.2) is 0 Å². The Bertz CT molecular complexity index is 774. The number of amides is 1. The highest BCUT2D eigenvalue weighted by Gasteiger charge is 2.39. The normalized spacial score (nSPS) is 20.1. The molecule has 5 nitrogen and oxygen atoms in total. The number of piperidine rings is 1. The monoisotopic (exact) mass is 339 g/mol. The molecule has 0 aromatic heterocycles. The molecular formula is C20H21NO4. The van der Waals surface area contributed by atoms with E-state index in [0.717, 1.165) is 0 Å². The molecule has 0 radical (unpaired) electrons. The van der Waals surface area contributed by atoms with Gasteiger partial charge in [0.15, 0.2) is 0 Å². The van der Waals surface area contributed by atoms with Crippen molar-refractivity contribution in [3.8, 4) is 11.5 Å². The van der Waals surface area contributed by atoms with Crippen molar-refractivity contribution in [3.63, 3.8) is 0 Å². The maximum Gasteiger partial charge on any atom is 0.311 e. The zero-order valence-corrected chi connectivity index (χ0v) is 14.1. The molecule has 2 aromatic carbocycles. The largest absolute Gasteiger partial charge is 0.481 e. The molecule has 0 aliphatic carbocycles. The Morgan fingerprint density at radius 2 is 1.76 bits per heavy atom. The van der Waals surface area contributed by atoms with Gasteiger partial charge in [0.1, 0.15) is 11.5 Å². The van der Waals surface area contributed by atoms with E-state index in [1.807, 2.05) is 36.4 Å². The summed E-state index contributed by atoms with van der Waals surface area (Å²) in [5.74, 6) is 0.0654. The Morgan fingerprint density at radius 1 is 1.08 bits per heavy atom. The quantitative estimate of drug-likeness (QED) is 0.920. The van der Waals surface area contributed by atoms with Gasteiger partial charge in [0.25, 0.3) is 5.91 Å². The molecule has 0 saturated carbocycles. The number of likely N-dealkylation sites (tertiary alicyclic amines) is 1. The summed E-state index contributed by atoms with van der Waals surface area (Å²) in [5.41, 5.74) is -0.454. The number of carbonyl (C=O) groups is 2. The fourth-order valence-electron chi connectivity index (χ4n) is 3.11. The predicted octanol–water partition coefficient (Wildman–Crippen LogP) is 3.81. The summed E-state index contributed by atoms with van der Waals surface area (Å²) in [4.78, 5) is 26.1. The highest BCUT2D eigenvalue weighted by Crippen LogP contribution is 2.32. The van der Waals surface area contributed by atoms with E-state index >= 15 is 0 Å². The van der Waals surface area contributed by atoms with Crippen LogP contribution in [0.1, 0.15) is 30.1 Å². The number of carboxylic acid groups (broad SMARTS) is 1. The average Bonchev–Trinajstić information content (AvgIpc) is 2.62. The highest BCUT2D eigenvalue weighted by atomic mass is 16.5. The van der Waals surface area contributed by atoms with E-state index < -0.39 is 11.4 Å². The summed E-state index contributed by atoms with van der Waals surface area (Å²) in [7, 11) is 0. The number of nitrogens with zero attached hydrogens (tertiary/aromatic N) is 1. The van der Waals surface area contributed by atoms with E-state index in [1.165, 1.54) is 0 Å². The van der Waals surface area contributed by atoms with Crippen molar-refractivity contribution in [1.29, 1.82) is 0 Å². The second-order valence-electron chi connectivity index (χ2n) is 6.61. The van der Waals surface area contributed by atoms with Gasteiger partial charge in [-0.1, -0.05) is 30.3 Å². The number of ether oxygens (including phenoxy) is 1. The van der Waals surface area contributed by atoms with Crippen LogP contribution in [0.25, 0.3) is 0 Å². The molecule has 1 atom stereocenters. The second-order valence-corrected chi connectivity index (χ2v) is 6.61. The second kappa shape index (κ2) is 6.97. The van der Waals surface area contributed by atoms with Crippen molar-refractivity contribution < 1.29 is 19.4 Å². The van der Waals surface area contributed by atoms with E-state index in [4.69, 9.17) is 4.74 Å². The molecule has 1 aliphatic heterocycles. The molecule has 3 rings (SSSR count). The third-order valence-electron chi connectivity index (χ3n) is 4.59. The van der Waals surface area contributed by atoms with E-state index in [0.29, 0.717) is 36.4 Å². The standard InChI is InChI=1S/C20H21NO4/c1-20(19(23)24)12-7-13-21(14-20)18(22)16-10-5-6-11-17(16)25-15-8-3-2-4-9-15/h2-6,8-11H,7,12-14H2,1H3,(H,23,24). The number of carboxylic acids is 1. The van der Waals surface area contributed by atoms with E-state index in [2.05, 4.69) is 0 Å². The van der Waals surface area contributed by atoms with Crippen LogP contribution in [0, 0.1) is 5.41 Å². The van der Waals surface area contributed by atoms with Crippen molar-refractivity contribution in [1.82, 2.24) is 4.90 Å². The molecule has 2 aromatic rings. The van der Waals surface area contributed by atoms with Crippen molar-refractivity contribution in [3.05, 3.63) is 60.2 Å². The van der Waals surface area contributed by atoms with Crippen LogP contribution in [0.2, 0.25) is 0 Å². The Balaban J connectivity index is 1.84. The average molecular weight is 339 g/mol. The van der Waals surface area contributed by atoms with E-state index in [9.17, 15) is 14.7 Å². The third kappa shape index (κ3) is 3.65. The molecule has 1 heterocycles. The van der Waals surface area contributed by atoms with Crippen LogP contribution in [-0.4, -0.2) is 35.0 Å². The van der Waals surface area contributed by atoms with Crippen LogP contribution in [0.4, 0.5) is 0 Å². The van der Waals surface area contributed by atoms with E-state index in [-0.39, 0.29) is 12.5 Å². The Hall–Kier alpha value is -2.82. The smallest absolute Gasteiger partial charge is 0.311 e. The Kier molecular flexibility index (Phi) is 4.74. The summed E-state index contributed by atoms with van der Waals surface area (Å²) in [5, 5.41) is 9.45.